The van der Waals surface area contributed by atoms with E-state index >= 15 is 0 Å². The molecule has 1 aliphatic rings. The Bertz CT molecular complexity index is 821. The molecule has 2 N–H and O–H groups in total. The number of carbonyl (C=O) groups excluding carboxylic acids is 3. The Labute approximate surface area is 149 Å². The van der Waals surface area contributed by atoms with E-state index in [0.717, 1.165) is 4.90 Å². The van der Waals surface area contributed by atoms with Crippen molar-refractivity contribution in [2.75, 3.05) is 27.8 Å². The van der Waals surface area contributed by atoms with Gasteiger partial charge in [-0.3, -0.25) is 14.4 Å². The molecule has 7 heteroatoms. The number of amides is 3. The molecule has 0 spiro atoms. The third-order valence-electron chi connectivity index (χ3n) is 3.61. The maximum atomic E-state index is 12.6. The van der Waals surface area contributed by atoms with Crippen LogP contribution in [0.3, 0.4) is 0 Å². The van der Waals surface area contributed by atoms with Gasteiger partial charge in [-0.1, -0.05) is 12.1 Å². The van der Waals surface area contributed by atoms with Crippen LogP contribution in [0.5, 0.6) is 0 Å². The molecule has 0 atom stereocenters. The maximum absolute atomic E-state index is 12.6. The second-order valence-electron chi connectivity index (χ2n) is 5.54. The predicted octanol–water partition coefficient (Wildman–Crippen LogP) is 2.72. The topological polar surface area (TPSA) is 78.5 Å². The van der Waals surface area contributed by atoms with Crippen LogP contribution in [-0.2, 0) is 14.4 Å². The van der Waals surface area contributed by atoms with Gasteiger partial charge in [-0.05, 0) is 36.4 Å². The lowest BCUT2D eigenvalue weighted by atomic mass is 10.2. The number of hydrogen-bond donors (Lipinski definition) is 2. The summed E-state index contributed by atoms with van der Waals surface area (Å²) in [5.41, 5.74) is 2.08. The minimum Gasteiger partial charge on any atom is -0.326 e. The molecule has 0 saturated heterocycles. The molecule has 0 bridgehead atoms. The van der Waals surface area contributed by atoms with Gasteiger partial charge in [0.05, 0.1) is 17.1 Å². The Hall–Kier alpha value is -2.80. The van der Waals surface area contributed by atoms with Crippen LogP contribution in [0, 0.1) is 0 Å². The number of nitrogens with one attached hydrogen (secondary N) is 2. The average molecular weight is 355 g/mol. The van der Waals surface area contributed by atoms with Gasteiger partial charge in [0, 0.05) is 17.5 Å². The molecular weight excluding hydrogens is 338 g/mol. The summed E-state index contributed by atoms with van der Waals surface area (Å²) < 4.78 is 0. The van der Waals surface area contributed by atoms with Crippen LogP contribution < -0.4 is 15.5 Å². The van der Waals surface area contributed by atoms with Crippen LogP contribution in [0.1, 0.15) is 6.92 Å². The largest absolute Gasteiger partial charge is 0.326 e. The first-order valence-electron chi connectivity index (χ1n) is 7.72. The first kappa shape index (κ1) is 17.0. The van der Waals surface area contributed by atoms with Crippen molar-refractivity contribution >= 4 is 46.5 Å². The third-order valence-corrected chi connectivity index (χ3v) is 4.61. The van der Waals surface area contributed by atoms with Crippen molar-refractivity contribution in [1.82, 2.24) is 0 Å². The fraction of sp³-hybridized carbons (Fsp3) is 0.167. The smallest absolute Gasteiger partial charge is 0.244 e. The molecule has 0 fully saturated rings. The minimum atomic E-state index is -0.197. The summed E-state index contributed by atoms with van der Waals surface area (Å²) in [5, 5.41) is 5.46. The molecular formula is C18H17N3O3S. The number of fused-ring (bicyclic) bond motifs is 1. The predicted molar refractivity (Wildman–Crippen MR) is 98.9 cm³/mol. The first-order valence-corrected chi connectivity index (χ1v) is 8.71. The Morgan fingerprint density at radius 3 is 2.60 bits per heavy atom. The first-order chi connectivity index (χ1) is 12.0. The molecule has 2 aromatic carbocycles. The lowest BCUT2D eigenvalue weighted by molar-refractivity contribution is -0.120. The minimum absolute atomic E-state index is 0.0257. The number of anilines is 3. The van der Waals surface area contributed by atoms with Crippen LogP contribution in [0.4, 0.5) is 17.1 Å². The fourth-order valence-corrected chi connectivity index (χ4v) is 3.29. The van der Waals surface area contributed by atoms with E-state index in [1.807, 2.05) is 30.3 Å². The number of benzene rings is 2. The van der Waals surface area contributed by atoms with Crippen molar-refractivity contribution in [2.45, 2.75) is 11.8 Å². The normalized spacial score (nSPS) is 13.0. The number of carbonyl (C=O) groups is 3. The van der Waals surface area contributed by atoms with Crippen LogP contribution in [0.15, 0.2) is 53.4 Å². The number of nitrogens with zero attached hydrogens (tertiary/aromatic N) is 1. The van der Waals surface area contributed by atoms with Crippen molar-refractivity contribution < 1.29 is 14.4 Å². The molecule has 3 rings (SSSR count). The lowest BCUT2D eigenvalue weighted by Crippen LogP contribution is -2.43. The van der Waals surface area contributed by atoms with E-state index in [0.29, 0.717) is 17.1 Å². The molecule has 0 aromatic heterocycles. The number of para-hydroxylation sites is 2. The van der Waals surface area contributed by atoms with Crippen molar-refractivity contribution in [1.29, 1.82) is 0 Å². The highest BCUT2D eigenvalue weighted by Crippen LogP contribution is 2.30. The molecule has 6 nitrogen and oxygen atoms in total. The zero-order valence-corrected chi connectivity index (χ0v) is 14.4. The van der Waals surface area contributed by atoms with Crippen molar-refractivity contribution in [3.05, 3.63) is 48.5 Å². The molecule has 0 radical (unpaired) electrons. The number of rotatable bonds is 4. The summed E-state index contributed by atoms with van der Waals surface area (Å²) in [6, 6.07) is 14.5. The highest BCUT2D eigenvalue weighted by Gasteiger charge is 2.26. The number of hydrogen-bond acceptors (Lipinski definition) is 4. The molecule has 25 heavy (non-hydrogen) atoms. The van der Waals surface area contributed by atoms with Gasteiger partial charge in [-0.15, -0.1) is 11.8 Å². The molecule has 0 saturated carbocycles. The molecule has 0 unspecified atom stereocenters. The zero-order valence-electron chi connectivity index (χ0n) is 13.6. The maximum Gasteiger partial charge on any atom is 0.244 e. The van der Waals surface area contributed by atoms with Gasteiger partial charge in [0.1, 0.15) is 6.54 Å². The highest BCUT2D eigenvalue weighted by molar-refractivity contribution is 8.00. The third kappa shape index (κ3) is 4.19. The summed E-state index contributed by atoms with van der Waals surface area (Å²) >= 11 is 1.39. The Balaban J connectivity index is 1.65. The van der Waals surface area contributed by atoms with E-state index in [-0.39, 0.29) is 30.0 Å². The fourth-order valence-electron chi connectivity index (χ4n) is 2.52. The molecule has 128 valence electrons. The highest BCUT2D eigenvalue weighted by atomic mass is 32.2. The van der Waals surface area contributed by atoms with Gasteiger partial charge in [-0.25, -0.2) is 0 Å². The monoisotopic (exact) mass is 355 g/mol. The average Bonchev–Trinajstić information content (AvgIpc) is 2.59. The zero-order chi connectivity index (χ0) is 17.8. The Kier molecular flexibility index (Phi) is 5.04. The van der Waals surface area contributed by atoms with Gasteiger partial charge < -0.3 is 15.5 Å². The second kappa shape index (κ2) is 7.40. The summed E-state index contributed by atoms with van der Waals surface area (Å²) in [6.07, 6.45) is 0. The number of thioether (sulfide) groups is 1. The van der Waals surface area contributed by atoms with Gasteiger partial charge >= 0.3 is 0 Å². The van der Waals surface area contributed by atoms with E-state index in [2.05, 4.69) is 10.6 Å². The van der Waals surface area contributed by atoms with E-state index in [4.69, 9.17) is 0 Å². The van der Waals surface area contributed by atoms with Gasteiger partial charge in [0.15, 0.2) is 0 Å². The van der Waals surface area contributed by atoms with E-state index < -0.39 is 0 Å². The lowest BCUT2D eigenvalue weighted by Gasteiger charge is -2.29. The Morgan fingerprint density at radius 2 is 1.88 bits per heavy atom. The Morgan fingerprint density at radius 1 is 1.16 bits per heavy atom. The molecule has 1 aliphatic heterocycles. The van der Waals surface area contributed by atoms with Crippen molar-refractivity contribution in [3.8, 4) is 0 Å². The van der Waals surface area contributed by atoms with Crippen molar-refractivity contribution in [2.24, 2.45) is 0 Å². The van der Waals surface area contributed by atoms with Crippen LogP contribution >= 0.6 is 11.8 Å². The quantitative estimate of drug-likeness (QED) is 0.827. The molecule has 2 aromatic rings. The van der Waals surface area contributed by atoms with Gasteiger partial charge in [0.2, 0.25) is 17.7 Å². The van der Waals surface area contributed by atoms with E-state index in [1.54, 1.807) is 18.2 Å². The van der Waals surface area contributed by atoms with E-state index in [1.165, 1.54) is 23.6 Å². The van der Waals surface area contributed by atoms with E-state index in [9.17, 15) is 14.4 Å². The van der Waals surface area contributed by atoms with Crippen LogP contribution in [0.2, 0.25) is 0 Å². The summed E-state index contributed by atoms with van der Waals surface area (Å²) in [4.78, 5) is 37.8. The standard InChI is InChI=1S/C18H17N3O3S/c1-12(22)19-13-6-8-14(9-7-13)25-11-18(24)21-10-17(23)20-15-4-2-3-5-16(15)21/h2-9H,10-11H2,1H3,(H,19,22)(H,20,23). The van der Waals surface area contributed by atoms with Crippen LogP contribution in [-0.4, -0.2) is 30.0 Å². The van der Waals surface area contributed by atoms with Gasteiger partial charge in [0.25, 0.3) is 0 Å². The van der Waals surface area contributed by atoms with Crippen LogP contribution in [0.25, 0.3) is 0 Å². The molecule has 1 heterocycles. The molecule has 3 amide bonds. The summed E-state index contributed by atoms with van der Waals surface area (Å²) in [5.74, 6) is -0.228. The second-order valence-corrected chi connectivity index (χ2v) is 6.59. The summed E-state index contributed by atoms with van der Waals surface area (Å²) in [6.45, 7) is 1.48. The van der Waals surface area contributed by atoms with Gasteiger partial charge in [-0.2, -0.15) is 0 Å². The summed E-state index contributed by atoms with van der Waals surface area (Å²) in [7, 11) is 0. The van der Waals surface area contributed by atoms with Crippen molar-refractivity contribution in [3.63, 3.8) is 0 Å². The molecule has 0 aliphatic carbocycles. The SMILES string of the molecule is CC(=O)Nc1ccc(SCC(=O)N2CC(=O)Nc3ccccc32)cc1.